The van der Waals surface area contributed by atoms with Crippen LogP contribution in [0.4, 0.5) is 10.5 Å². The maximum absolute atomic E-state index is 13.0. The topological polar surface area (TPSA) is 84.9 Å². The number of imide groups is 2. The first-order valence-electron chi connectivity index (χ1n) is 10.1. The van der Waals surface area contributed by atoms with E-state index in [9.17, 15) is 14.4 Å². The number of nitrogens with one attached hydrogen (secondary N) is 1. The Labute approximate surface area is 209 Å². The van der Waals surface area contributed by atoms with Crippen LogP contribution in [0.1, 0.15) is 11.1 Å². The fraction of sp³-hybridized carbons (Fsp3) is 0.0800. The SMILES string of the molecule is COc1cc(/C=C2/C(=O)NC(=O)N(c3ccccc3)C2=O)cc(Br)c1OCc1ccccc1Cl. The van der Waals surface area contributed by atoms with Gasteiger partial charge in [0.05, 0.1) is 17.3 Å². The molecule has 9 heteroatoms. The molecule has 1 aliphatic heterocycles. The highest BCUT2D eigenvalue weighted by atomic mass is 79.9. The van der Waals surface area contributed by atoms with Crippen LogP contribution in [0.3, 0.4) is 0 Å². The molecule has 7 nitrogen and oxygen atoms in total. The molecule has 0 unspecified atom stereocenters. The number of barbiturate groups is 1. The number of carbonyl (C=O) groups is 3. The Kier molecular flexibility index (Phi) is 7.00. The summed E-state index contributed by atoms with van der Waals surface area (Å²) in [6.45, 7) is 0.212. The Morgan fingerprint density at radius 3 is 2.44 bits per heavy atom. The fourth-order valence-corrected chi connectivity index (χ4v) is 4.13. The maximum Gasteiger partial charge on any atom is 0.335 e. The summed E-state index contributed by atoms with van der Waals surface area (Å²) in [5.41, 5.74) is 1.46. The Morgan fingerprint density at radius 1 is 1.03 bits per heavy atom. The van der Waals surface area contributed by atoms with Gasteiger partial charge in [0.15, 0.2) is 11.5 Å². The second-order valence-electron chi connectivity index (χ2n) is 7.21. The molecule has 1 saturated heterocycles. The van der Waals surface area contributed by atoms with Gasteiger partial charge in [0.1, 0.15) is 12.2 Å². The number of ether oxygens (including phenoxy) is 2. The smallest absolute Gasteiger partial charge is 0.335 e. The number of amides is 4. The van der Waals surface area contributed by atoms with Crippen LogP contribution in [-0.2, 0) is 16.2 Å². The first-order chi connectivity index (χ1) is 16.4. The number of nitrogens with zero attached hydrogens (tertiary/aromatic N) is 1. The molecule has 34 heavy (non-hydrogen) atoms. The Hall–Kier alpha value is -3.62. The van der Waals surface area contributed by atoms with E-state index in [1.54, 1.807) is 48.5 Å². The van der Waals surface area contributed by atoms with Gasteiger partial charge in [-0.2, -0.15) is 0 Å². The molecule has 3 aromatic carbocycles. The minimum absolute atomic E-state index is 0.192. The first kappa shape index (κ1) is 23.5. The minimum Gasteiger partial charge on any atom is -0.493 e. The van der Waals surface area contributed by atoms with Crippen molar-refractivity contribution in [1.29, 1.82) is 0 Å². The van der Waals surface area contributed by atoms with Crippen molar-refractivity contribution in [3.8, 4) is 11.5 Å². The molecule has 1 aliphatic rings. The molecule has 1 fully saturated rings. The summed E-state index contributed by atoms with van der Waals surface area (Å²) < 4.78 is 11.9. The van der Waals surface area contributed by atoms with E-state index >= 15 is 0 Å². The highest BCUT2D eigenvalue weighted by molar-refractivity contribution is 9.10. The first-order valence-corrected chi connectivity index (χ1v) is 11.3. The van der Waals surface area contributed by atoms with E-state index in [2.05, 4.69) is 21.2 Å². The molecular formula is C25H18BrClN2O5. The number of para-hydroxylation sites is 1. The highest BCUT2D eigenvalue weighted by Crippen LogP contribution is 2.38. The van der Waals surface area contributed by atoms with Gasteiger partial charge in [-0.1, -0.05) is 48.0 Å². The van der Waals surface area contributed by atoms with Crippen LogP contribution in [0.5, 0.6) is 11.5 Å². The van der Waals surface area contributed by atoms with Crippen molar-refractivity contribution in [2.75, 3.05) is 12.0 Å². The summed E-state index contributed by atoms with van der Waals surface area (Å²) >= 11 is 9.67. The lowest BCUT2D eigenvalue weighted by molar-refractivity contribution is -0.122. The summed E-state index contributed by atoms with van der Waals surface area (Å²) in [4.78, 5) is 38.7. The van der Waals surface area contributed by atoms with E-state index in [1.165, 1.54) is 13.2 Å². The van der Waals surface area contributed by atoms with Gasteiger partial charge in [-0.25, -0.2) is 9.69 Å². The number of hydrogen-bond acceptors (Lipinski definition) is 5. The predicted octanol–water partition coefficient (Wildman–Crippen LogP) is 5.36. The molecule has 4 amide bonds. The lowest BCUT2D eigenvalue weighted by Gasteiger charge is -2.26. The molecule has 3 aromatic rings. The largest absolute Gasteiger partial charge is 0.493 e. The third-order valence-corrected chi connectivity index (χ3v) is 5.97. The Morgan fingerprint density at radius 2 is 1.74 bits per heavy atom. The van der Waals surface area contributed by atoms with Crippen molar-refractivity contribution in [3.05, 3.63) is 92.9 Å². The summed E-state index contributed by atoms with van der Waals surface area (Å²) in [5.74, 6) is -0.691. The molecule has 0 spiro atoms. The van der Waals surface area contributed by atoms with Crippen molar-refractivity contribution >= 4 is 57.1 Å². The molecule has 0 aromatic heterocycles. The zero-order chi connectivity index (χ0) is 24.2. The number of urea groups is 1. The molecule has 0 aliphatic carbocycles. The Bertz CT molecular complexity index is 1310. The summed E-state index contributed by atoms with van der Waals surface area (Å²) in [5, 5.41) is 2.79. The highest BCUT2D eigenvalue weighted by Gasteiger charge is 2.36. The van der Waals surface area contributed by atoms with E-state index in [0.29, 0.717) is 32.2 Å². The number of methoxy groups -OCH3 is 1. The number of rotatable bonds is 6. The minimum atomic E-state index is -0.805. The molecular weight excluding hydrogens is 524 g/mol. The van der Waals surface area contributed by atoms with E-state index in [-0.39, 0.29) is 12.2 Å². The quantitative estimate of drug-likeness (QED) is 0.336. The fourth-order valence-electron chi connectivity index (χ4n) is 3.36. The summed E-state index contributed by atoms with van der Waals surface area (Å²) in [6, 6.07) is 18.2. The molecule has 4 rings (SSSR count). The lowest BCUT2D eigenvalue weighted by Crippen LogP contribution is -2.54. The van der Waals surface area contributed by atoms with Gasteiger partial charge in [-0.3, -0.25) is 14.9 Å². The van der Waals surface area contributed by atoms with Crippen LogP contribution < -0.4 is 19.7 Å². The maximum atomic E-state index is 13.0. The van der Waals surface area contributed by atoms with Gasteiger partial charge < -0.3 is 9.47 Å². The average Bonchev–Trinajstić information content (AvgIpc) is 2.82. The molecule has 0 radical (unpaired) electrons. The van der Waals surface area contributed by atoms with E-state index in [0.717, 1.165) is 10.5 Å². The second kappa shape index (κ2) is 10.1. The summed E-state index contributed by atoms with van der Waals surface area (Å²) in [6.07, 6.45) is 1.39. The monoisotopic (exact) mass is 540 g/mol. The van der Waals surface area contributed by atoms with Crippen LogP contribution in [0, 0.1) is 0 Å². The van der Waals surface area contributed by atoms with Crippen molar-refractivity contribution in [2.24, 2.45) is 0 Å². The molecule has 1 N–H and O–H groups in total. The van der Waals surface area contributed by atoms with Gasteiger partial charge in [0.25, 0.3) is 11.8 Å². The van der Waals surface area contributed by atoms with Crippen molar-refractivity contribution < 1.29 is 23.9 Å². The van der Waals surface area contributed by atoms with Gasteiger partial charge in [-0.15, -0.1) is 0 Å². The zero-order valence-electron chi connectivity index (χ0n) is 17.9. The predicted molar refractivity (Wildman–Crippen MR) is 132 cm³/mol. The molecule has 1 heterocycles. The van der Waals surface area contributed by atoms with Gasteiger partial charge in [0, 0.05) is 10.6 Å². The van der Waals surface area contributed by atoms with Gasteiger partial charge >= 0.3 is 6.03 Å². The molecule has 0 atom stereocenters. The van der Waals surface area contributed by atoms with Crippen LogP contribution in [0.2, 0.25) is 5.02 Å². The van der Waals surface area contributed by atoms with Crippen LogP contribution in [-0.4, -0.2) is 25.0 Å². The lowest BCUT2D eigenvalue weighted by atomic mass is 10.1. The van der Waals surface area contributed by atoms with Crippen molar-refractivity contribution in [3.63, 3.8) is 0 Å². The van der Waals surface area contributed by atoms with Crippen molar-refractivity contribution in [1.82, 2.24) is 5.32 Å². The number of anilines is 1. The van der Waals surface area contributed by atoms with Gasteiger partial charge in [-0.05, 0) is 57.9 Å². The second-order valence-corrected chi connectivity index (χ2v) is 8.47. The number of halogens is 2. The van der Waals surface area contributed by atoms with E-state index < -0.39 is 17.8 Å². The van der Waals surface area contributed by atoms with Crippen molar-refractivity contribution in [2.45, 2.75) is 6.61 Å². The summed E-state index contributed by atoms with van der Waals surface area (Å²) in [7, 11) is 1.48. The normalized spacial score (nSPS) is 14.9. The number of carbonyl (C=O) groups excluding carboxylic acids is 3. The van der Waals surface area contributed by atoms with Crippen LogP contribution in [0.15, 0.2) is 76.8 Å². The van der Waals surface area contributed by atoms with Crippen LogP contribution >= 0.6 is 27.5 Å². The Balaban J connectivity index is 1.65. The third-order valence-electron chi connectivity index (χ3n) is 5.01. The molecule has 172 valence electrons. The molecule has 0 bridgehead atoms. The standard InChI is InChI=1S/C25H18BrClN2O5/c1-33-21-13-15(12-19(26)22(21)34-14-16-7-5-6-10-20(16)27)11-18-23(30)28-25(32)29(24(18)31)17-8-3-2-4-9-17/h2-13H,14H2,1H3,(H,28,30,32)/b18-11-. The zero-order valence-corrected chi connectivity index (χ0v) is 20.2. The number of benzene rings is 3. The van der Waals surface area contributed by atoms with E-state index in [4.69, 9.17) is 21.1 Å². The average molecular weight is 542 g/mol. The van der Waals surface area contributed by atoms with Crippen LogP contribution in [0.25, 0.3) is 6.08 Å². The third kappa shape index (κ3) is 4.83. The van der Waals surface area contributed by atoms with Gasteiger partial charge in [0.2, 0.25) is 0 Å². The number of hydrogen-bond donors (Lipinski definition) is 1. The molecule has 0 saturated carbocycles. The van der Waals surface area contributed by atoms with E-state index in [1.807, 2.05) is 18.2 Å².